The van der Waals surface area contributed by atoms with Gasteiger partial charge in [-0.2, -0.15) is 4.98 Å². The van der Waals surface area contributed by atoms with Crippen LogP contribution in [0.5, 0.6) is 0 Å². The van der Waals surface area contributed by atoms with Crippen molar-refractivity contribution in [3.63, 3.8) is 0 Å². The average Bonchev–Trinajstić information content (AvgIpc) is 3.11. The number of nitrogens with zero attached hydrogens (tertiary/aromatic N) is 2. The molecule has 1 aromatic carbocycles. The first-order valence-corrected chi connectivity index (χ1v) is 9.61. The molecule has 2 atom stereocenters. The molecule has 1 heterocycles. The summed E-state index contributed by atoms with van der Waals surface area (Å²) >= 11 is 5.88. The lowest BCUT2D eigenvalue weighted by Gasteiger charge is -2.31. The van der Waals surface area contributed by atoms with E-state index in [1.54, 1.807) is 12.1 Å². The van der Waals surface area contributed by atoms with Crippen molar-refractivity contribution in [3.8, 4) is 11.4 Å². The zero-order chi connectivity index (χ0) is 18.4. The molecule has 1 aliphatic rings. The average molecular weight is 413 g/mol. The van der Waals surface area contributed by atoms with Crippen LogP contribution in [0.3, 0.4) is 0 Å². The van der Waals surface area contributed by atoms with Crippen LogP contribution in [0.25, 0.3) is 11.4 Å². The second-order valence-corrected chi connectivity index (χ2v) is 7.26. The quantitative estimate of drug-likeness (QED) is 0.721. The van der Waals surface area contributed by atoms with Gasteiger partial charge >= 0.3 is 0 Å². The molecule has 1 aliphatic carbocycles. The van der Waals surface area contributed by atoms with Gasteiger partial charge in [-0.25, -0.2) is 0 Å². The summed E-state index contributed by atoms with van der Waals surface area (Å²) in [4.78, 5) is 16.6. The van der Waals surface area contributed by atoms with Crippen molar-refractivity contribution in [1.82, 2.24) is 15.5 Å². The molecule has 0 radical (unpaired) electrons. The molecule has 0 bridgehead atoms. The molecular weight excluding hydrogens is 387 g/mol. The van der Waals surface area contributed by atoms with E-state index in [2.05, 4.69) is 15.5 Å². The SMILES string of the molecule is Cl.NCC1CCCCC1NC(=O)CCCc1nc(-c2ccc(Cl)cc2)no1. The Hall–Kier alpha value is -1.63. The Morgan fingerprint density at radius 3 is 2.74 bits per heavy atom. The van der Waals surface area contributed by atoms with E-state index in [1.807, 2.05) is 12.1 Å². The molecule has 1 amide bonds. The van der Waals surface area contributed by atoms with Gasteiger partial charge in [0.25, 0.3) is 0 Å². The lowest BCUT2D eigenvalue weighted by Crippen LogP contribution is -2.44. The van der Waals surface area contributed by atoms with Crippen molar-refractivity contribution in [2.75, 3.05) is 6.54 Å². The van der Waals surface area contributed by atoms with Gasteiger partial charge in [-0.05, 0) is 56.0 Å². The Balaban J connectivity index is 0.00000261. The fourth-order valence-electron chi connectivity index (χ4n) is 3.43. The standard InChI is InChI=1S/C19H25ClN4O2.ClH/c20-15-10-8-13(9-11-15)19-23-18(26-24-19)7-3-6-17(25)22-16-5-2-1-4-14(16)12-21;/h8-11,14,16H,1-7,12,21H2,(H,22,25);1H. The maximum Gasteiger partial charge on any atom is 0.226 e. The fourth-order valence-corrected chi connectivity index (χ4v) is 3.56. The number of hydrogen-bond donors (Lipinski definition) is 2. The van der Waals surface area contributed by atoms with Gasteiger partial charge in [0.2, 0.25) is 17.6 Å². The number of aromatic nitrogens is 2. The lowest BCUT2D eigenvalue weighted by molar-refractivity contribution is -0.122. The summed E-state index contributed by atoms with van der Waals surface area (Å²) in [6.45, 7) is 0.639. The van der Waals surface area contributed by atoms with Crippen LogP contribution < -0.4 is 11.1 Å². The molecule has 27 heavy (non-hydrogen) atoms. The summed E-state index contributed by atoms with van der Waals surface area (Å²) in [5, 5.41) is 7.79. The number of nitrogens with two attached hydrogens (primary N) is 1. The Bertz CT molecular complexity index is 721. The highest BCUT2D eigenvalue weighted by atomic mass is 35.5. The second-order valence-electron chi connectivity index (χ2n) is 6.83. The van der Waals surface area contributed by atoms with Crippen LogP contribution in [0.15, 0.2) is 28.8 Å². The summed E-state index contributed by atoms with van der Waals surface area (Å²) in [7, 11) is 0. The molecule has 0 spiro atoms. The van der Waals surface area contributed by atoms with Gasteiger partial charge in [0.15, 0.2) is 0 Å². The predicted molar refractivity (Wildman–Crippen MR) is 108 cm³/mol. The Kier molecular flexibility index (Phi) is 8.54. The van der Waals surface area contributed by atoms with Crippen LogP contribution >= 0.6 is 24.0 Å². The largest absolute Gasteiger partial charge is 0.353 e. The maximum absolute atomic E-state index is 12.2. The number of hydrogen-bond acceptors (Lipinski definition) is 5. The number of benzene rings is 1. The fraction of sp³-hybridized carbons (Fsp3) is 0.526. The Labute approximate surface area is 170 Å². The van der Waals surface area contributed by atoms with Gasteiger partial charge in [0.1, 0.15) is 0 Å². The van der Waals surface area contributed by atoms with Crippen molar-refractivity contribution < 1.29 is 9.32 Å². The van der Waals surface area contributed by atoms with E-state index in [4.69, 9.17) is 21.9 Å². The van der Waals surface area contributed by atoms with Crippen LogP contribution in [0, 0.1) is 5.92 Å². The normalized spacial score (nSPS) is 19.3. The molecule has 3 N–H and O–H groups in total. The summed E-state index contributed by atoms with van der Waals surface area (Å²) in [5.41, 5.74) is 6.67. The number of carbonyl (C=O) groups excluding carboxylic acids is 1. The molecule has 0 aliphatic heterocycles. The van der Waals surface area contributed by atoms with Crippen molar-refractivity contribution in [2.45, 2.75) is 51.0 Å². The summed E-state index contributed by atoms with van der Waals surface area (Å²) < 4.78 is 5.27. The third kappa shape index (κ3) is 6.19. The summed E-state index contributed by atoms with van der Waals surface area (Å²) in [6, 6.07) is 7.50. The van der Waals surface area contributed by atoms with E-state index in [1.165, 1.54) is 6.42 Å². The van der Waals surface area contributed by atoms with E-state index in [0.29, 0.717) is 48.5 Å². The zero-order valence-electron chi connectivity index (χ0n) is 15.2. The van der Waals surface area contributed by atoms with Gasteiger partial charge in [-0.3, -0.25) is 4.79 Å². The van der Waals surface area contributed by atoms with E-state index in [-0.39, 0.29) is 24.4 Å². The first-order valence-electron chi connectivity index (χ1n) is 9.23. The first kappa shape index (κ1) is 21.7. The molecular formula is C19H26Cl2N4O2. The van der Waals surface area contributed by atoms with Crippen LogP contribution in [0.1, 0.15) is 44.4 Å². The molecule has 3 rings (SSSR count). The second kappa shape index (κ2) is 10.6. The Morgan fingerprint density at radius 1 is 1.26 bits per heavy atom. The minimum Gasteiger partial charge on any atom is -0.353 e. The predicted octanol–water partition coefficient (Wildman–Crippen LogP) is 3.77. The van der Waals surface area contributed by atoms with Crippen LogP contribution in [-0.2, 0) is 11.2 Å². The minimum absolute atomic E-state index is 0. The van der Waals surface area contributed by atoms with Crippen molar-refractivity contribution in [1.29, 1.82) is 0 Å². The van der Waals surface area contributed by atoms with E-state index in [9.17, 15) is 4.79 Å². The third-order valence-electron chi connectivity index (χ3n) is 4.92. The monoisotopic (exact) mass is 412 g/mol. The lowest BCUT2D eigenvalue weighted by atomic mass is 9.84. The molecule has 148 valence electrons. The van der Waals surface area contributed by atoms with Crippen molar-refractivity contribution in [3.05, 3.63) is 35.2 Å². The van der Waals surface area contributed by atoms with Crippen LogP contribution in [0.2, 0.25) is 5.02 Å². The molecule has 6 nitrogen and oxygen atoms in total. The molecule has 1 saturated carbocycles. The van der Waals surface area contributed by atoms with Gasteiger partial charge in [0, 0.05) is 29.5 Å². The highest BCUT2D eigenvalue weighted by Crippen LogP contribution is 2.23. The molecule has 2 unspecified atom stereocenters. The van der Waals surface area contributed by atoms with Gasteiger partial charge in [0.05, 0.1) is 0 Å². The van der Waals surface area contributed by atoms with Crippen LogP contribution in [-0.4, -0.2) is 28.6 Å². The zero-order valence-corrected chi connectivity index (χ0v) is 16.8. The van der Waals surface area contributed by atoms with Gasteiger partial charge < -0.3 is 15.6 Å². The highest BCUT2D eigenvalue weighted by molar-refractivity contribution is 6.30. The molecule has 8 heteroatoms. The molecule has 1 aromatic heterocycles. The first-order chi connectivity index (χ1) is 12.7. The van der Waals surface area contributed by atoms with Crippen molar-refractivity contribution in [2.24, 2.45) is 11.7 Å². The number of nitrogens with one attached hydrogen (secondary N) is 1. The maximum atomic E-state index is 12.2. The molecule has 0 saturated heterocycles. The highest BCUT2D eigenvalue weighted by Gasteiger charge is 2.25. The number of amides is 1. The van der Waals surface area contributed by atoms with E-state index < -0.39 is 0 Å². The number of carbonyl (C=O) groups is 1. The third-order valence-corrected chi connectivity index (χ3v) is 5.18. The van der Waals surface area contributed by atoms with Crippen LogP contribution in [0.4, 0.5) is 0 Å². The Morgan fingerprint density at radius 2 is 2.00 bits per heavy atom. The molecule has 1 fully saturated rings. The summed E-state index contributed by atoms with van der Waals surface area (Å²) in [6.07, 6.45) is 6.22. The minimum atomic E-state index is 0. The topological polar surface area (TPSA) is 94.0 Å². The summed E-state index contributed by atoms with van der Waals surface area (Å²) in [5.74, 6) is 1.56. The van der Waals surface area contributed by atoms with Crippen molar-refractivity contribution >= 4 is 29.9 Å². The van der Waals surface area contributed by atoms with Gasteiger partial charge in [-0.1, -0.05) is 29.6 Å². The number of rotatable bonds is 7. The smallest absolute Gasteiger partial charge is 0.226 e. The van der Waals surface area contributed by atoms with E-state index in [0.717, 1.165) is 24.8 Å². The van der Waals surface area contributed by atoms with Gasteiger partial charge in [-0.15, -0.1) is 12.4 Å². The number of halogens is 2. The number of aryl methyl sites for hydroxylation is 1. The van der Waals surface area contributed by atoms with E-state index >= 15 is 0 Å². The molecule has 2 aromatic rings.